The summed E-state index contributed by atoms with van der Waals surface area (Å²) in [4.78, 5) is 4.41. The molecule has 0 fully saturated rings. The average Bonchev–Trinajstić information content (AvgIpc) is 2.73. The van der Waals surface area contributed by atoms with Gasteiger partial charge in [0.15, 0.2) is 0 Å². The summed E-state index contributed by atoms with van der Waals surface area (Å²) in [6.45, 7) is 0.731. The van der Waals surface area contributed by atoms with Gasteiger partial charge in [0.2, 0.25) is 0 Å². The summed E-state index contributed by atoms with van der Waals surface area (Å²) in [5, 5.41) is 6.07. The van der Waals surface area contributed by atoms with E-state index in [0.717, 1.165) is 17.2 Å². The number of hydrogen-bond acceptors (Lipinski definition) is 3. The molecule has 0 saturated heterocycles. The van der Waals surface area contributed by atoms with Crippen molar-refractivity contribution in [2.45, 2.75) is 13.0 Å². The molecule has 0 radical (unpaired) electrons. The fraction of sp³-hybridized carbons (Fsp3) is 0.250. The van der Waals surface area contributed by atoms with Crippen LogP contribution in [0.4, 0.5) is 4.39 Å². The van der Waals surface area contributed by atoms with Gasteiger partial charge in [-0.2, -0.15) is 0 Å². The lowest BCUT2D eigenvalue weighted by Gasteiger charge is -2.01. The predicted molar refractivity (Wildman–Crippen MR) is 69.1 cm³/mol. The second kappa shape index (κ2) is 5.58. The minimum Gasteiger partial charge on any atom is -0.314 e. The third-order valence-corrected chi connectivity index (χ3v) is 3.52. The van der Waals surface area contributed by atoms with E-state index < -0.39 is 0 Å². The van der Waals surface area contributed by atoms with Crippen molar-refractivity contribution < 1.29 is 4.39 Å². The van der Waals surface area contributed by atoms with Crippen molar-refractivity contribution in [2.24, 2.45) is 0 Å². The Morgan fingerprint density at radius 3 is 3.06 bits per heavy atom. The second-order valence-electron chi connectivity index (χ2n) is 3.65. The average molecular weight is 271 g/mol. The van der Waals surface area contributed by atoms with Crippen LogP contribution in [-0.4, -0.2) is 12.0 Å². The number of hydrogen-bond donors (Lipinski definition) is 1. The molecule has 1 aromatic carbocycles. The van der Waals surface area contributed by atoms with Gasteiger partial charge in [-0.25, -0.2) is 9.37 Å². The van der Waals surface area contributed by atoms with Crippen LogP contribution in [0.3, 0.4) is 0 Å². The van der Waals surface area contributed by atoms with E-state index in [1.807, 2.05) is 12.4 Å². The molecule has 2 nitrogen and oxygen atoms in total. The number of aromatic nitrogens is 1. The number of benzene rings is 1. The normalized spacial score (nSPS) is 10.8. The summed E-state index contributed by atoms with van der Waals surface area (Å²) in [5.74, 6) is -0.348. The summed E-state index contributed by atoms with van der Waals surface area (Å²) in [6.07, 6.45) is 0.487. The lowest BCUT2D eigenvalue weighted by Crippen LogP contribution is -2.05. The number of halogens is 2. The SMILES string of the molecule is CNCc1csc(Cc2cccc(Cl)c2F)n1. The van der Waals surface area contributed by atoms with Crippen LogP contribution in [0.2, 0.25) is 5.02 Å². The van der Waals surface area contributed by atoms with Gasteiger partial charge in [0, 0.05) is 18.3 Å². The van der Waals surface area contributed by atoms with E-state index in [4.69, 9.17) is 11.6 Å². The van der Waals surface area contributed by atoms with Gasteiger partial charge in [0.25, 0.3) is 0 Å². The largest absolute Gasteiger partial charge is 0.314 e. The second-order valence-corrected chi connectivity index (χ2v) is 5.00. The van der Waals surface area contributed by atoms with Gasteiger partial charge < -0.3 is 5.32 Å². The third-order valence-electron chi connectivity index (χ3n) is 2.33. The van der Waals surface area contributed by atoms with Crippen LogP contribution >= 0.6 is 22.9 Å². The first-order chi connectivity index (χ1) is 8.20. The molecule has 0 amide bonds. The van der Waals surface area contributed by atoms with Crippen LogP contribution in [-0.2, 0) is 13.0 Å². The smallest absolute Gasteiger partial charge is 0.145 e. The molecule has 1 heterocycles. The van der Waals surface area contributed by atoms with Gasteiger partial charge in [-0.1, -0.05) is 23.7 Å². The van der Waals surface area contributed by atoms with Crippen molar-refractivity contribution in [1.82, 2.24) is 10.3 Å². The van der Waals surface area contributed by atoms with E-state index in [1.165, 1.54) is 11.3 Å². The monoisotopic (exact) mass is 270 g/mol. The van der Waals surface area contributed by atoms with Gasteiger partial charge in [-0.3, -0.25) is 0 Å². The Bertz CT molecular complexity index is 513. The number of nitrogens with zero attached hydrogens (tertiary/aromatic N) is 1. The van der Waals surface area contributed by atoms with E-state index in [-0.39, 0.29) is 10.8 Å². The zero-order valence-electron chi connectivity index (χ0n) is 9.34. The van der Waals surface area contributed by atoms with E-state index in [0.29, 0.717) is 12.0 Å². The molecule has 17 heavy (non-hydrogen) atoms. The Morgan fingerprint density at radius 2 is 2.29 bits per heavy atom. The van der Waals surface area contributed by atoms with Crippen molar-refractivity contribution in [1.29, 1.82) is 0 Å². The predicted octanol–water partition coefficient (Wildman–Crippen LogP) is 3.25. The quantitative estimate of drug-likeness (QED) is 0.923. The topological polar surface area (TPSA) is 24.9 Å². The Kier molecular flexibility index (Phi) is 4.10. The Morgan fingerprint density at radius 1 is 1.47 bits per heavy atom. The highest BCUT2D eigenvalue weighted by atomic mass is 35.5. The molecule has 2 rings (SSSR count). The van der Waals surface area contributed by atoms with Gasteiger partial charge in [-0.05, 0) is 18.7 Å². The molecule has 1 aromatic heterocycles. The van der Waals surface area contributed by atoms with E-state index in [9.17, 15) is 4.39 Å². The summed E-state index contributed by atoms with van der Waals surface area (Å²) in [7, 11) is 1.87. The number of thiazole rings is 1. The zero-order chi connectivity index (χ0) is 12.3. The lowest BCUT2D eigenvalue weighted by atomic mass is 10.1. The van der Waals surface area contributed by atoms with Crippen LogP contribution < -0.4 is 5.32 Å². The van der Waals surface area contributed by atoms with Crippen molar-refractivity contribution in [3.8, 4) is 0 Å². The zero-order valence-corrected chi connectivity index (χ0v) is 10.9. The fourth-order valence-electron chi connectivity index (χ4n) is 1.54. The first-order valence-electron chi connectivity index (χ1n) is 5.21. The summed E-state index contributed by atoms with van der Waals surface area (Å²) >= 11 is 7.27. The minimum atomic E-state index is -0.348. The summed E-state index contributed by atoms with van der Waals surface area (Å²) < 4.78 is 13.7. The Balaban J connectivity index is 2.16. The van der Waals surface area contributed by atoms with Gasteiger partial charge in [-0.15, -0.1) is 11.3 Å². The van der Waals surface area contributed by atoms with E-state index in [2.05, 4.69) is 10.3 Å². The van der Waals surface area contributed by atoms with Crippen molar-refractivity contribution in [3.63, 3.8) is 0 Å². The molecular formula is C12H12ClFN2S. The molecule has 0 aliphatic heterocycles. The van der Waals surface area contributed by atoms with Crippen LogP contribution in [0.15, 0.2) is 23.6 Å². The molecule has 90 valence electrons. The molecule has 0 atom stereocenters. The third kappa shape index (κ3) is 3.03. The molecule has 0 spiro atoms. The highest BCUT2D eigenvalue weighted by Crippen LogP contribution is 2.22. The minimum absolute atomic E-state index is 0.162. The van der Waals surface area contributed by atoms with E-state index >= 15 is 0 Å². The molecule has 5 heteroatoms. The van der Waals surface area contributed by atoms with Gasteiger partial charge in [0.1, 0.15) is 5.82 Å². The summed E-state index contributed by atoms with van der Waals surface area (Å²) in [6, 6.07) is 5.04. The maximum Gasteiger partial charge on any atom is 0.145 e. The van der Waals surface area contributed by atoms with Crippen LogP contribution in [0, 0.1) is 5.82 Å². The molecule has 0 aliphatic carbocycles. The Labute approximate surface area is 108 Å². The lowest BCUT2D eigenvalue weighted by molar-refractivity contribution is 0.614. The molecule has 0 aliphatic rings. The molecule has 0 unspecified atom stereocenters. The number of rotatable bonds is 4. The molecule has 0 saturated carbocycles. The standard InChI is InChI=1S/C12H12ClFN2S/c1-15-6-9-7-17-11(16-9)5-8-3-2-4-10(13)12(8)14/h2-4,7,15H,5-6H2,1H3. The highest BCUT2D eigenvalue weighted by Gasteiger charge is 2.09. The first-order valence-corrected chi connectivity index (χ1v) is 6.47. The molecule has 2 aromatic rings. The molecular weight excluding hydrogens is 259 g/mol. The van der Waals surface area contributed by atoms with Crippen molar-refractivity contribution in [2.75, 3.05) is 7.05 Å². The van der Waals surface area contributed by atoms with Gasteiger partial charge in [0.05, 0.1) is 15.7 Å². The first kappa shape index (κ1) is 12.5. The number of nitrogens with one attached hydrogen (secondary N) is 1. The van der Waals surface area contributed by atoms with Crippen LogP contribution in [0.1, 0.15) is 16.3 Å². The summed E-state index contributed by atoms with van der Waals surface area (Å²) in [5.41, 5.74) is 1.57. The maximum absolute atomic E-state index is 13.7. The van der Waals surface area contributed by atoms with Crippen molar-refractivity contribution in [3.05, 3.63) is 50.7 Å². The highest BCUT2D eigenvalue weighted by molar-refractivity contribution is 7.09. The Hall–Kier alpha value is -0.970. The van der Waals surface area contributed by atoms with Crippen LogP contribution in [0.5, 0.6) is 0 Å². The molecule has 0 bridgehead atoms. The van der Waals surface area contributed by atoms with Crippen LogP contribution in [0.25, 0.3) is 0 Å². The molecule has 1 N–H and O–H groups in total. The fourth-order valence-corrected chi connectivity index (χ4v) is 2.55. The van der Waals surface area contributed by atoms with Crippen molar-refractivity contribution >= 4 is 22.9 Å². The van der Waals surface area contributed by atoms with Gasteiger partial charge >= 0.3 is 0 Å². The maximum atomic E-state index is 13.7. The van der Waals surface area contributed by atoms with E-state index in [1.54, 1.807) is 18.2 Å².